The molecule has 1 amide bonds. The first-order valence-electron chi connectivity index (χ1n) is 9.18. The summed E-state index contributed by atoms with van der Waals surface area (Å²) in [4.78, 5) is 19.7. The van der Waals surface area contributed by atoms with Crippen molar-refractivity contribution in [3.63, 3.8) is 0 Å². The number of nitrogens with zero attached hydrogens (tertiary/aromatic N) is 2. The van der Waals surface area contributed by atoms with E-state index in [4.69, 9.17) is 4.74 Å². The zero-order chi connectivity index (χ0) is 18.6. The molecule has 138 valence electrons. The van der Waals surface area contributed by atoms with Gasteiger partial charge in [0.05, 0.1) is 18.2 Å². The standard InChI is InChI=1S/C22H22N2O2S/c1-26-18-10-5-9-17(14-18)20-11-6-12-24(20)22(25)19-15-27-21(23-19)13-16-7-3-2-4-8-16/h2-5,7-10,14-15,20H,6,11-13H2,1H3/t20-/m0/s1. The topological polar surface area (TPSA) is 42.4 Å². The molecular formula is C22H22N2O2S. The number of benzene rings is 2. The van der Waals surface area contributed by atoms with Crippen LogP contribution in [0.5, 0.6) is 5.75 Å². The summed E-state index contributed by atoms with van der Waals surface area (Å²) in [6, 6.07) is 18.3. The van der Waals surface area contributed by atoms with Crippen molar-refractivity contribution in [2.75, 3.05) is 13.7 Å². The molecule has 0 unspecified atom stereocenters. The highest BCUT2D eigenvalue weighted by molar-refractivity contribution is 7.09. The number of aromatic nitrogens is 1. The molecule has 1 saturated heterocycles. The third kappa shape index (κ3) is 3.88. The van der Waals surface area contributed by atoms with E-state index in [1.54, 1.807) is 18.4 Å². The zero-order valence-corrected chi connectivity index (χ0v) is 16.1. The summed E-state index contributed by atoms with van der Waals surface area (Å²) in [5.41, 5.74) is 2.89. The Morgan fingerprint density at radius 2 is 2.07 bits per heavy atom. The molecule has 5 heteroatoms. The van der Waals surface area contributed by atoms with Gasteiger partial charge in [0.15, 0.2) is 0 Å². The maximum absolute atomic E-state index is 13.1. The van der Waals surface area contributed by atoms with Gasteiger partial charge in [-0.2, -0.15) is 0 Å². The molecule has 4 nitrogen and oxygen atoms in total. The minimum absolute atomic E-state index is 0.0240. The van der Waals surface area contributed by atoms with Gasteiger partial charge in [-0.05, 0) is 36.1 Å². The number of likely N-dealkylation sites (tertiary alicyclic amines) is 1. The van der Waals surface area contributed by atoms with Crippen molar-refractivity contribution >= 4 is 17.2 Å². The largest absolute Gasteiger partial charge is 0.497 e. The molecule has 1 aromatic heterocycles. The predicted octanol–water partition coefficient (Wildman–Crippen LogP) is 4.72. The van der Waals surface area contributed by atoms with Crippen LogP contribution in [0.1, 0.15) is 45.5 Å². The van der Waals surface area contributed by atoms with Crippen molar-refractivity contribution in [2.45, 2.75) is 25.3 Å². The molecule has 0 N–H and O–H groups in total. The first-order chi connectivity index (χ1) is 13.2. The molecule has 27 heavy (non-hydrogen) atoms. The Kier molecular flexibility index (Phi) is 5.21. The number of hydrogen-bond donors (Lipinski definition) is 0. The fourth-order valence-electron chi connectivity index (χ4n) is 3.61. The van der Waals surface area contributed by atoms with Gasteiger partial charge in [-0.3, -0.25) is 4.79 Å². The number of rotatable bonds is 5. The Morgan fingerprint density at radius 1 is 1.22 bits per heavy atom. The zero-order valence-electron chi connectivity index (χ0n) is 15.3. The third-order valence-electron chi connectivity index (χ3n) is 4.96. The Morgan fingerprint density at radius 3 is 2.89 bits per heavy atom. The first-order valence-corrected chi connectivity index (χ1v) is 10.1. The second-order valence-electron chi connectivity index (χ2n) is 6.72. The average Bonchev–Trinajstić information content (AvgIpc) is 3.38. The number of ether oxygens (including phenoxy) is 1. The SMILES string of the molecule is COc1cccc([C@@H]2CCCN2C(=O)c2csc(Cc3ccccc3)n2)c1. The summed E-state index contributed by atoms with van der Waals surface area (Å²) in [5, 5.41) is 2.86. The van der Waals surface area contributed by atoms with Gasteiger partial charge < -0.3 is 9.64 Å². The van der Waals surface area contributed by atoms with Crippen LogP contribution in [-0.4, -0.2) is 29.4 Å². The van der Waals surface area contributed by atoms with E-state index in [0.29, 0.717) is 5.69 Å². The van der Waals surface area contributed by atoms with E-state index in [1.165, 1.54) is 5.56 Å². The van der Waals surface area contributed by atoms with Gasteiger partial charge in [0, 0.05) is 18.3 Å². The van der Waals surface area contributed by atoms with Crippen LogP contribution >= 0.6 is 11.3 Å². The van der Waals surface area contributed by atoms with Crippen LogP contribution in [0.3, 0.4) is 0 Å². The Balaban J connectivity index is 1.51. The number of carbonyl (C=O) groups excluding carboxylic acids is 1. The Hall–Kier alpha value is -2.66. The molecule has 4 rings (SSSR count). The predicted molar refractivity (Wildman–Crippen MR) is 107 cm³/mol. The molecule has 0 aliphatic carbocycles. The van der Waals surface area contributed by atoms with Crippen molar-refractivity contribution in [2.24, 2.45) is 0 Å². The minimum Gasteiger partial charge on any atom is -0.497 e. The monoisotopic (exact) mass is 378 g/mol. The van der Waals surface area contributed by atoms with E-state index >= 15 is 0 Å². The summed E-state index contributed by atoms with van der Waals surface area (Å²) in [6.07, 6.45) is 2.74. The fraction of sp³-hybridized carbons (Fsp3) is 0.273. The van der Waals surface area contributed by atoms with Gasteiger partial charge in [0.25, 0.3) is 5.91 Å². The molecule has 1 atom stereocenters. The number of carbonyl (C=O) groups is 1. The van der Waals surface area contributed by atoms with Gasteiger partial charge in [-0.25, -0.2) is 4.98 Å². The van der Waals surface area contributed by atoms with Crippen LogP contribution in [0.15, 0.2) is 60.0 Å². The van der Waals surface area contributed by atoms with E-state index < -0.39 is 0 Å². The summed E-state index contributed by atoms with van der Waals surface area (Å²) in [6.45, 7) is 0.770. The van der Waals surface area contributed by atoms with Crippen molar-refractivity contribution in [1.82, 2.24) is 9.88 Å². The molecule has 1 fully saturated rings. The quantitative estimate of drug-likeness (QED) is 0.645. The molecule has 0 bridgehead atoms. The Bertz CT molecular complexity index is 923. The van der Waals surface area contributed by atoms with Crippen molar-refractivity contribution in [1.29, 1.82) is 0 Å². The van der Waals surface area contributed by atoms with Gasteiger partial charge in [0.2, 0.25) is 0 Å². The second-order valence-corrected chi connectivity index (χ2v) is 7.66. The highest BCUT2D eigenvalue weighted by Gasteiger charge is 2.31. The highest BCUT2D eigenvalue weighted by atomic mass is 32.1. The summed E-state index contributed by atoms with van der Waals surface area (Å²) < 4.78 is 5.34. The maximum atomic E-state index is 13.1. The number of methoxy groups -OCH3 is 1. The van der Waals surface area contributed by atoms with Gasteiger partial charge in [0.1, 0.15) is 11.4 Å². The minimum atomic E-state index is 0.0240. The molecule has 1 aliphatic rings. The van der Waals surface area contributed by atoms with E-state index in [9.17, 15) is 4.79 Å². The summed E-state index contributed by atoms with van der Waals surface area (Å²) in [5.74, 6) is 0.849. The van der Waals surface area contributed by atoms with Crippen LogP contribution in [0.25, 0.3) is 0 Å². The molecule has 0 saturated carbocycles. The third-order valence-corrected chi connectivity index (χ3v) is 5.81. The summed E-state index contributed by atoms with van der Waals surface area (Å²) in [7, 11) is 1.67. The maximum Gasteiger partial charge on any atom is 0.273 e. The van der Waals surface area contributed by atoms with Gasteiger partial charge in [-0.15, -0.1) is 11.3 Å². The Labute approximate surface area is 163 Å². The lowest BCUT2D eigenvalue weighted by Crippen LogP contribution is -2.30. The van der Waals surface area contributed by atoms with Crippen LogP contribution in [0.4, 0.5) is 0 Å². The lowest BCUT2D eigenvalue weighted by molar-refractivity contribution is 0.0730. The molecular weight excluding hydrogens is 356 g/mol. The highest BCUT2D eigenvalue weighted by Crippen LogP contribution is 2.34. The van der Waals surface area contributed by atoms with Crippen molar-refractivity contribution in [3.05, 3.63) is 81.8 Å². The molecule has 2 aromatic carbocycles. The lowest BCUT2D eigenvalue weighted by Gasteiger charge is -2.24. The van der Waals surface area contributed by atoms with E-state index in [1.807, 2.05) is 46.7 Å². The van der Waals surface area contributed by atoms with Crippen LogP contribution in [0, 0.1) is 0 Å². The fourth-order valence-corrected chi connectivity index (χ4v) is 4.42. The van der Waals surface area contributed by atoms with E-state index in [2.05, 4.69) is 23.2 Å². The summed E-state index contributed by atoms with van der Waals surface area (Å²) >= 11 is 1.56. The van der Waals surface area contributed by atoms with Crippen LogP contribution in [0.2, 0.25) is 0 Å². The smallest absolute Gasteiger partial charge is 0.273 e. The normalized spacial score (nSPS) is 16.5. The van der Waals surface area contributed by atoms with E-state index in [-0.39, 0.29) is 11.9 Å². The first kappa shape index (κ1) is 17.7. The van der Waals surface area contributed by atoms with Gasteiger partial charge >= 0.3 is 0 Å². The lowest BCUT2D eigenvalue weighted by atomic mass is 10.0. The average molecular weight is 378 g/mol. The van der Waals surface area contributed by atoms with Crippen molar-refractivity contribution in [3.8, 4) is 5.75 Å². The van der Waals surface area contributed by atoms with E-state index in [0.717, 1.165) is 42.1 Å². The molecule has 1 aliphatic heterocycles. The van der Waals surface area contributed by atoms with Crippen LogP contribution in [-0.2, 0) is 6.42 Å². The molecule has 0 radical (unpaired) electrons. The molecule has 0 spiro atoms. The number of hydrogen-bond acceptors (Lipinski definition) is 4. The van der Waals surface area contributed by atoms with Crippen molar-refractivity contribution < 1.29 is 9.53 Å². The number of amides is 1. The van der Waals surface area contributed by atoms with Gasteiger partial charge in [-0.1, -0.05) is 42.5 Å². The second kappa shape index (κ2) is 7.92. The number of thiazole rings is 1. The molecule has 2 heterocycles. The molecule has 3 aromatic rings. The van der Waals surface area contributed by atoms with Crippen LogP contribution < -0.4 is 4.74 Å².